The van der Waals surface area contributed by atoms with Gasteiger partial charge in [0, 0.05) is 16.9 Å². The number of carbonyl (C=O) groups excluding carboxylic acids is 1. The lowest BCUT2D eigenvalue weighted by molar-refractivity contribution is 0.255. The van der Waals surface area contributed by atoms with Gasteiger partial charge in [0.05, 0.1) is 0 Å². The maximum atomic E-state index is 11.6. The molecule has 1 aromatic carbocycles. The average molecular weight is 318 g/mol. The second-order valence-electron chi connectivity index (χ2n) is 3.70. The molecule has 0 spiro atoms. The molecule has 1 heterocycles. The van der Waals surface area contributed by atoms with Crippen molar-refractivity contribution in [2.24, 2.45) is 0 Å². The van der Waals surface area contributed by atoms with Crippen LogP contribution in [0.25, 0.3) is 6.08 Å². The fourth-order valence-corrected chi connectivity index (χ4v) is 1.61. The first-order valence-electron chi connectivity index (χ1n) is 5.65. The number of hydrogen-bond donors (Lipinski definition) is 2. The molecule has 2 N–H and O–H groups in total. The van der Waals surface area contributed by atoms with E-state index in [1.165, 1.54) is 0 Å². The summed E-state index contributed by atoms with van der Waals surface area (Å²) in [6, 6.07) is 12.9. The summed E-state index contributed by atoms with van der Waals surface area (Å²) in [5.74, 6) is 0.494. The van der Waals surface area contributed by atoms with E-state index in [9.17, 15) is 4.79 Å². The number of nitrogens with one attached hydrogen (secondary N) is 2. The van der Waals surface area contributed by atoms with E-state index in [4.69, 9.17) is 0 Å². The van der Waals surface area contributed by atoms with Gasteiger partial charge in [0.1, 0.15) is 5.82 Å². The van der Waals surface area contributed by atoms with E-state index < -0.39 is 0 Å². The van der Waals surface area contributed by atoms with E-state index in [0.29, 0.717) is 5.82 Å². The van der Waals surface area contributed by atoms with Crippen molar-refractivity contribution >= 4 is 33.9 Å². The Morgan fingerprint density at radius 3 is 2.63 bits per heavy atom. The van der Waals surface area contributed by atoms with Crippen LogP contribution >= 0.6 is 15.9 Å². The normalized spacial score (nSPS) is 10.4. The monoisotopic (exact) mass is 317 g/mol. The number of carbonyl (C=O) groups is 1. The van der Waals surface area contributed by atoms with Gasteiger partial charge in [-0.25, -0.2) is 9.78 Å². The van der Waals surface area contributed by atoms with Gasteiger partial charge in [0.15, 0.2) is 0 Å². The van der Waals surface area contributed by atoms with Crippen LogP contribution in [-0.2, 0) is 0 Å². The Balaban J connectivity index is 1.85. The van der Waals surface area contributed by atoms with Crippen LogP contribution in [0.1, 0.15) is 5.56 Å². The number of pyridine rings is 1. The molecule has 19 heavy (non-hydrogen) atoms. The van der Waals surface area contributed by atoms with Gasteiger partial charge < -0.3 is 5.32 Å². The highest BCUT2D eigenvalue weighted by Gasteiger charge is 1.99. The molecular formula is C14H12BrN3O. The molecule has 0 atom stereocenters. The van der Waals surface area contributed by atoms with Crippen molar-refractivity contribution in [1.29, 1.82) is 0 Å². The summed E-state index contributed by atoms with van der Waals surface area (Å²) in [7, 11) is 0. The van der Waals surface area contributed by atoms with E-state index in [1.54, 1.807) is 18.5 Å². The molecule has 0 aliphatic carbocycles. The molecular weight excluding hydrogens is 306 g/mol. The maximum absolute atomic E-state index is 11.6. The first-order chi connectivity index (χ1) is 9.24. The van der Waals surface area contributed by atoms with E-state index in [0.717, 1.165) is 10.0 Å². The van der Waals surface area contributed by atoms with Crippen LogP contribution in [0.3, 0.4) is 0 Å². The first-order valence-corrected chi connectivity index (χ1v) is 6.44. The third-order valence-corrected chi connectivity index (χ3v) is 2.73. The third-order valence-electron chi connectivity index (χ3n) is 2.26. The molecule has 2 aromatic rings. The lowest BCUT2D eigenvalue weighted by atomic mass is 10.2. The summed E-state index contributed by atoms with van der Waals surface area (Å²) in [6.07, 6.45) is 5.02. The Kier molecular flexibility index (Phi) is 4.69. The molecule has 0 unspecified atom stereocenters. The van der Waals surface area contributed by atoms with Crippen LogP contribution < -0.4 is 10.6 Å². The largest absolute Gasteiger partial charge is 0.324 e. The van der Waals surface area contributed by atoms with Crippen LogP contribution in [0, 0.1) is 0 Å². The number of benzene rings is 1. The Morgan fingerprint density at radius 2 is 1.95 bits per heavy atom. The van der Waals surface area contributed by atoms with Crippen LogP contribution in [0.2, 0.25) is 0 Å². The van der Waals surface area contributed by atoms with Gasteiger partial charge >= 0.3 is 6.03 Å². The minimum Gasteiger partial charge on any atom is -0.314 e. The fourth-order valence-electron chi connectivity index (χ4n) is 1.38. The van der Waals surface area contributed by atoms with Gasteiger partial charge in [-0.1, -0.05) is 30.3 Å². The zero-order valence-corrected chi connectivity index (χ0v) is 11.6. The van der Waals surface area contributed by atoms with Gasteiger partial charge in [-0.05, 0) is 39.7 Å². The Hall–Kier alpha value is -2.14. The van der Waals surface area contributed by atoms with Crippen LogP contribution in [0.15, 0.2) is 59.3 Å². The highest BCUT2D eigenvalue weighted by Crippen LogP contribution is 2.10. The van der Waals surface area contributed by atoms with Gasteiger partial charge in [-0.3, -0.25) is 5.32 Å². The summed E-state index contributed by atoms with van der Waals surface area (Å²) >= 11 is 3.28. The molecule has 0 aliphatic heterocycles. The van der Waals surface area contributed by atoms with Crippen LogP contribution in [0.5, 0.6) is 0 Å². The molecule has 2 rings (SSSR count). The van der Waals surface area contributed by atoms with Crippen molar-refractivity contribution in [3.05, 3.63) is 64.9 Å². The predicted molar refractivity (Wildman–Crippen MR) is 79.6 cm³/mol. The highest BCUT2D eigenvalue weighted by molar-refractivity contribution is 9.10. The zero-order chi connectivity index (χ0) is 13.5. The summed E-state index contributed by atoms with van der Waals surface area (Å²) in [5.41, 5.74) is 1.02. The number of nitrogens with zero attached hydrogens (tertiary/aromatic N) is 1. The standard InChI is InChI=1S/C14H12BrN3O/c15-12-6-7-13(17-10-12)18-14(19)16-9-8-11-4-2-1-3-5-11/h1-10H,(H2,16,17,18,19)/b9-8+. The number of halogens is 1. The summed E-state index contributed by atoms with van der Waals surface area (Å²) < 4.78 is 0.863. The maximum Gasteiger partial charge on any atom is 0.324 e. The first kappa shape index (κ1) is 13.3. The number of anilines is 1. The van der Waals surface area contributed by atoms with Crippen molar-refractivity contribution < 1.29 is 4.79 Å². The smallest absolute Gasteiger partial charge is 0.314 e. The van der Waals surface area contributed by atoms with E-state index in [-0.39, 0.29) is 6.03 Å². The zero-order valence-electron chi connectivity index (χ0n) is 10.0. The molecule has 0 aliphatic rings. The number of hydrogen-bond acceptors (Lipinski definition) is 2. The van der Waals surface area contributed by atoms with Crippen molar-refractivity contribution in [3.63, 3.8) is 0 Å². The average Bonchev–Trinajstić information content (AvgIpc) is 2.43. The van der Waals surface area contributed by atoms with E-state index >= 15 is 0 Å². The minimum absolute atomic E-state index is 0.331. The molecule has 96 valence electrons. The molecule has 1 aromatic heterocycles. The third kappa shape index (κ3) is 4.56. The van der Waals surface area contributed by atoms with Crippen molar-refractivity contribution in [1.82, 2.24) is 10.3 Å². The van der Waals surface area contributed by atoms with Crippen molar-refractivity contribution in [3.8, 4) is 0 Å². The van der Waals surface area contributed by atoms with Crippen LogP contribution in [-0.4, -0.2) is 11.0 Å². The van der Waals surface area contributed by atoms with Gasteiger partial charge in [0.25, 0.3) is 0 Å². The van der Waals surface area contributed by atoms with E-state index in [2.05, 4.69) is 31.5 Å². The molecule has 0 saturated carbocycles. The second-order valence-corrected chi connectivity index (χ2v) is 4.62. The molecule has 5 heteroatoms. The number of amides is 2. The Bertz CT molecular complexity index is 567. The van der Waals surface area contributed by atoms with Crippen LogP contribution in [0.4, 0.5) is 10.6 Å². The minimum atomic E-state index is -0.331. The lowest BCUT2D eigenvalue weighted by Gasteiger charge is -2.03. The highest BCUT2D eigenvalue weighted by atomic mass is 79.9. The molecule has 2 amide bonds. The SMILES string of the molecule is O=C(N/C=C/c1ccccc1)Nc1ccc(Br)cn1. The fraction of sp³-hybridized carbons (Fsp3) is 0. The van der Waals surface area contributed by atoms with Gasteiger partial charge in [-0.15, -0.1) is 0 Å². The summed E-state index contributed by atoms with van der Waals surface area (Å²) in [4.78, 5) is 15.6. The van der Waals surface area contributed by atoms with E-state index in [1.807, 2.05) is 42.5 Å². The summed E-state index contributed by atoms with van der Waals surface area (Å²) in [6.45, 7) is 0. The predicted octanol–water partition coefficient (Wildman–Crippen LogP) is 3.64. The topological polar surface area (TPSA) is 54.0 Å². The Morgan fingerprint density at radius 1 is 1.16 bits per heavy atom. The molecule has 0 saturated heterocycles. The molecule has 0 fully saturated rings. The molecule has 0 bridgehead atoms. The summed E-state index contributed by atoms with van der Waals surface area (Å²) in [5, 5.41) is 5.23. The second kappa shape index (κ2) is 6.70. The lowest BCUT2D eigenvalue weighted by Crippen LogP contribution is -2.24. The number of urea groups is 1. The van der Waals surface area contributed by atoms with Gasteiger partial charge in [-0.2, -0.15) is 0 Å². The number of aromatic nitrogens is 1. The van der Waals surface area contributed by atoms with Crippen molar-refractivity contribution in [2.45, 2.75) is 0 Å². The van der Waals surface area contributed by atoms with Gasteiger partial charge in [0.2, 0.25) is 0 Å². The quantitative estimate of drug-likeness (QED) is 0.908. The number of rotatable bonds is 3. The Labute approximate surface area is 119 Å². The van der Waals surface area contributed by atoms with Crippen molar-refractivity contribution in [2.75, 3.05) is 5.32 Å². The molecule has 4 nitrogen and oxygen atoms in total. The molecule has 0 radical (unpaired) electrons.